The average Bonchev–Trinajstić information content (AvgIpc) is 2.16. The minimum Gasteiger partial charge on any atom is -0.0628 e. The van der Waals surface area contributed by atoms with E-state index in [1.54, 1.807) is 0 Å². The van der Waals surface area contributed by atoms with E-state index in [2.05, 4.69) is 67.9 Å². The standard InChI is InChI=1S/C14H21Br/c1-11(2)9-10-14(3,4)12-5-7-13(15)8-6-12/h5-8,11H,9-10H2,1-4H3. The van der Waals surface area contributed by atoms with Crippen molar-refractivity contribution in [3.8, 4) is 0 Å². The molecule has 0 bridgehead atoms. The Bertz CT molecular complexity index is 296. The fourth-order valence-electron chi connectivity index (χ4n) is 1.69. The first kappa shape index (κ1) is 12.8. The molecule has 0 spiro atoms. The zero-order valence-corrected chi connectivity index (χ0v) is 11.8. The number of benzene rings is 1. The summed E-state index contributed by atoms with van der Waals surface area (Å²) in [6.45, 7) is 9.24. The summed E-state index contributed by atoms with van der Waals surface area (Å²) in [5, 5.41) is 0. The average molecular weight is 269 g/mol. The van der Waals surface area contributed by atoms with Crippen LogP contribution < -0.4 is 0 Å². The quantitative estimate of drug-likeness (QED) is 0.708. The zero-order valence-electron chi connectivity index (χ0n) is 10.2. The molecule has 0 atom stereocenters. The van der Waals surface area contributed by atoms with E-state index in [1.807, 2.05) is 0 Å². The fourth-order valence-corrected chi connectivity index (χ4v) is 1.96. The maximum Gasteiger partial charge on any atom is 0.0175 e. The highest BCUT2D eigenvalue weighted by Gasteiger charge is 2.20. The monoisotopic (exact) mass is 268 g/mol. The Morgan fingerprint density at radius 2 is 1.67 bits per heavy atom. The van der Waals surface area contributed by atoms with Gasteiger partial charge in [0.25, 0.3) is 0 Å². The molecule has 1 aromatic carbocycles. The van der Waals surface area contributed by atoms with E-state index >= 15 is 0 Å². The lowest BCUT2D eigenvalue weighted by molar-refractivity contribution is 0.414. The van der Waals surface area contributed by atoms with Gasteiger partial charge in [0.2, 0.25) is 0 Å². The van der Waals surface area contributed by atoms with E-state index in [9.17, 15) is 0 Å². The topological polar surface area (TPSA) is 0 Å². The first-order valence-electron chi connectivity index (χ1n) is 5.68. The molecule has 0 radical (unpaired) electrons. The molecule has 0 aliphatic heterocycles. The zero-order chi connectivity index (χ0) is 11.5. The van der Waals surface area contributed by atoms with Gasteiger partial charge < -0.3 is 0 Å². The van der Waals surface area contributed by atoms with E-state index in [-0.39, 0.29) is 0 Å². The maximum absolute atomic E-state index is 3.47. The fraction of sp³-hybridized carbons (Fsp3) is 0.571. The second kappa shape index (κ2) is 5.16. The molecule has 15 heavy (non-hydrogen) atoms. The Morgan fingerprint density at radius 3 is 2.13 bits per heavy atom. The van der Waals surface area contributed by atoms with Gasteiger partial charge in [-0.1, -0.05) is 62.2 Å². The van der Waals surface area contributed by atoms with Crippen LogP contribution in [-0.2, 0) is 5.41 Å². The van der Waals surface area contributed by atoms with Gasteiger partial charge in [0, 0.05) is 4.47 Å². The Balaban J connectivity index is 2.72. The van der Waals surface area contributed by atoms with Gasteiger partial charge >= 0.3 is 0 Å². The number of halogens is 1. The normalized spacial score (nSPS) is 12.1. The van der Waals surface area contributed by atoms with Crippen LogP contribution in [0.15, 0.2) is 28.7 Å². The molecular formula is C14H21Br. The van der Waals surface area contributed by atoms with Gasteiger partial charge in [-0.3, -0.25) is 0 Å². The molecule has 1 heteroatoms. The summed E-state index contributed by atoms with van der Waals surface area (Å²) in [7, 11) is 0. The minimum atomic E-state index is 0.297. The number of rotatable bonds is 4. The number of hydrogen-bond acceptors (Lipinski definition) is 0. The molecule has 0 unspecified atom stereocenters. The van der Waals surface area contributed by atoms with Crippen molar-refractivity contribution >= 4 is 15.9 Å². The van der Waals surface area contributed by atoms with Gasteiger partial charge in [-0.2, -0.15) is 0 Å². The molecule has 0 aliphatic carbocycles. The van der Waals surface area contributed by atoms with Crippen molar-refractivity contribution in [2.45, 2.75) is 46.0 Å². The molecule has 0 saturated heterocycles. The molecule has 0 nitrogen and oxygen atoms in total. The Morgan fingerprint density at radius 1 is 1.13 bits per heavy atom. The van der Waals surface area contributed by atoms with Gasteiger partial charge in [-0.25, -0.2) is 0 Å². The van der Waals surface area contributed by atoms with E-state index in [4.69, 9.17) is 0 Å². The largest absolute Gasteiger partial charge is 0.0628 e. The minimum absolute atomic E-state index is 0.297. The van der Waals surface area contributed by atoms with Gasteiger partial charge in [-0.15, -0.1) is 0 Å². The molecule has 0 saturated carbocycles. The van der Waals surface area contributed by atoms with E-state index in [1.165, 1.54) is 18.4 Å². The first-order chi connectivity index (χ1) is 6.92. The molecule has 0 aliphatic rings. The van der Waals surface area contributed by atoms with Crippen LogP contribution >= 0.6 is 15.9 Å². The Hall–Kier alpha value is -0.300. The molecular weight excluding hydrogens is 248 g/mol. The van der Waals surface area contributed by atoms with Crippen LogP contribution in [0.4, 0.5) is 0 Å². The van der Waals surface area contributed by atoms with Crippen LogP contribution in [0.5, 0.6) is 0 Å². The van der Waals surface area contributed by atoms with Crippen LogP contribution in [0, 0.1) is 5.92 Å². The second-order valence-corrected chi connectivity index (χ2v) is 6.24. The SMILES string of the molecule is CC(C)CCC(C)(C)c1ccc(Br)cc1. The molecule has 0 N–H and O–H groups in total. The van der Waals surface area contributed by atoms with Gasteiger partial charge in [0.15, 0.2) is 0 Å². The summed E-state index contributed by atoms with van der Waals surface area (Å²) < 4.78 is 1.16. The van der Waals surface area contributed by atoms with Crippen molar-refractivity contribution < 1.29 is 0 Å². The van der Waals surface area contributed by atoms with Crippen molar-refractivity contribution in [2.75, 3.05) is 0 Å². The third-order valence-corrected chi connectivity index (χ3v) is 3.50. The summed E-state index contributed by atoms with van der Waals surface area (Å²) in [5.41, 5.74) is 1.73. The Kier molecular flexibility index (Phi) is 4.39. The lowest BCUT2D eigenvalue weighted by atomic mass is 9.79. The van der Waals surface area contributed by atoms with E-state index in [0.29, 0.717) is 5.41 Å². The van der Waals surface area contributed by atoms with Crippen LogP contribution in [0.2, 0.25) is 0 Å². The van der Waals surface area contributed by atoms with Gasteiger partial charge in [0.05, 0.1) is 0 Å². The van der Waals surface area contributed by atoms with Crippen molar-refractivity contribution in [1.82, 2.24) is 0 Å². The van der Waals surface area contributed by atoms with Gasteiger partial charge in [0.1, 0.15) is 0 Å². The highest BCUT2D eigenvalue weighted by atomic mass is 79.9. The first-order valence-corrected chi connectivity index (χ1v) is 6.47. The lowest BCUT2D eigenvalue weighted by Crippen LogP contribution is -2.17. The molecule has 0 fully saturated rings. The van der Waals surface area contributed by atoms with Crippen LogP contribution in [-0.4, -0.2) is 0 Å². The predicted octanol–water partition coefficient (Wildman–Crippen LogP) is 5.16. The van der Waals surface area contributed by atoms with Crippen LogP contribution in [0.25, 0.3) is 0 Å². The third-order valence-electron chi connectivity index (χ3n) is 2.97. The van der Waals surface area contributed by atoms with Crippen molar-refractivity contribution in [1.29, 1.82) is 0 Å². The van der Waals surface area contributed by atoms with Crippen molar-refractivity contribution in [2.24, 2.45) is 5.92 Å². The van der Waals surface area contributed by atoms with E-state index < -0.39 is 0 Å². The highest BCUT2D eigenvalue weighted by molar-refractivity contribution is 9.10. The van der Waals surface area contributed by atoms with Crippen molar-refractivity contribution in [3.63, 3.8) is 0 Å². The van der Waals surface area contributed by atoms with Crippen LogP contribution in [0.1, 0.15) is 46.1 Å². The molecule has 1 aromatic rings. The molecule has 1 rings (SSSR count). The summed E-state index contributed by atoms with van der Waals surface area (Å²) in [5.74, 6) is 0.791. The molecule has 0 heterocycles. The van der Waals surface area contributed by atoms with E-state index in [0.717, 1.165) is 10.4 Å². The van der Waals surface area contributed by atoms with Gasteiger partial charge in [-0.05, 0) is 35.4 Å². The lowest BCUT2D eigenvalue weighted by Gasteiger charge is -2.26. The highest BCUT2D eigenvalue weighted by Crippen LogP contribution is 2.30. The van der Waals surface area contributed by atoms with Crippen LogP contribution in [0.3, 0.4) is 0 Å². The summed E-state index contributed by atoms with van der Waals surface area (Å²) in [6, 6.07) is 8.72. The molecule has 84 valence electrons. The summed E-state index contributed by atoms with van der Waals surface area (Å²) >= 11 is 3.47. The Labute approximate surface area is 102 Å². The maximum atomic E-state index is 3.47. The third kappa shape index (κ3) is 3.98. The molecule has 0 aromatic heterocycles. The predicted molar refractivity (Wildman–Crippen MR) is 71.2 cm³/mol. The summed E-state index contributed by atoms with van der Waals surface area (Å²) in [6.07, 6.45) is 2.55. The van der Waals surface area contributed by atoms with Crippen molar-refractivity contribution in [3.05, 3.63) is 34.3 Å². The smallest absolute Gasteiger partial charge is 0.0175 e. The summed E-state index contributed by atoms with van der Waals surface area (Å²) in [4.78, 5) is 0. The second-order valence-electron chi connectivity index (χ2n) is 5.32. The number of hydrogen-bond donors (Lipinski definition) is 0. The molecule has 0 amide bonds.